The standard InChI is InChI=1S/C54H34.C46H30/c1-2-18-37(19-3-1)51-43-24-8-10-26-45(43)52(46-27-11-9-25-44(46)51)38-32-33-49-50(34-38)54(42-31-15-21-36-17-5-7-23-40(36)42)48-29-13-12-28-47(48)53(49)41-30-14-20-35-16-4-6-22-39(35)41;1-2-12-31(13-3-1)32-24-26-33(27-25-32)36-28-29-43-44(30-36)46(40-23-11-17-35-15-5-7-19-38(35)40)42-21-9-8-20-41(42)45(43)39-22-10-16-34-14-4-6-18-37(34)39/h1-34H;1-30H. The van der Waals surface area contributed by atoms with Crippen LogP contribution in [0, 0.1) is 0 Å². The van der Waals surface area contributed by atoms with Crippen LogP contribution in [0.3, 0.4) is 0 Å². The van der Waals surface area contributed by atoms with Gasteiger partial charge in [0.05, 0.1) is 0 Å². The summed E-state index contributed by atoms with van der Waals surface area (Å²) in [7, 11) is 0. The molecule has 0 saturated heterocycles. The van der Waals surface area contributed by atoms with E-state index in [2.05, 4.69) is 388 Å². The Hall–Kier alpha value is -13.0. The van der Waals surface area contributed by atoms with Crippen molar-refractivity contribution in [2.45, 2.75) is 0 Å². The number of hydrogen-bond acceptors (Lipinski definition) is 0. The van der Waals surface area contributed by atoms with Gasteiger partial charge in [0.25, 0.3) is 0 Å². The molecular formula is C100H64. The molecular weight excluding hydrogens is 1200 g/mol. The Morgan fingerprint density at radius 3 is 0.660 bits per heavy atom. The molecule has 0 aromatic heterocycles. The first kappa shape index (κ1) is 58.4. The van der Waals surface area contributed by atoms with Crippen LogP contribution in [0.25, 0.3) is 197 Å². The summed E-state index contributed by atoms with van der Waals surface area (Å²) in [6.07, 6.45) is 0. The van der Waals surface area contributed by atoms with Gasteiger partial charge in [0.15, 0.2) is 0 Å². The Morgan fingerprint density at radius 2 is 0.310 bits per heavy atom. The van der Waals surface area contributed by atoms with Crippen molar-refractivity contribution in [3.63, 3.8) is 0 Å². The normalized spacial score (nSPS) is 11.6. The van der Waals surface area contributed by atoms with Crippen LogP contribution in [0.15, 0.2) is 388 Å². The lowest BCUT2D eigenvalue weighted by molar-refractivity contribution is 1.60. The maximum Gasteiger partial charge on any atom is -0.00199 e. The molecule has 0 aliphatic rings. The molecule has 0 nitrogen and oxygen atoms in total. The van der Waals surface area contributed by atoms with Crippen molar-refractivity contribution in [2.75, 3.05) is 0 Å². The lowest BCUT2D eigenvalue weighted by Gasteiger charge is -2.21. The summed E-state index contributed by atoms with van der Waals surface area (Å²) in [4.78, 5) is 0. The van der Waals surface area contributed by atoms with Crippen LogP contribution in [-0.4, -0.2) is 0 Å². The highest BCUT2D eigenvalue weighted by molar-refractivity contribution is 6.29. The van der Waals surface area contributed by atoms with Crippen molar-refractivity contribution in [1.29, 1.82) is 0 Å². The molecule has 20 aromatic carbocycles. The number of benzene rings is 20. The molecule has 100 heavy (non-hydrogen) atoms. The molecule has 0 fully saturated rings. The fourth-order valence-corrected chi connectivity index (χ4v) is 16.5. The Balaban J connectivity index is 0.000000141. The van der Waals surface area contributed by atoms with E-state index in [0.29, 0.717) is 0 Å². The van der Waals surface area contributed by atoms with Crippen LogP contribution in [0.4, 0.5) is 0 Å². The van der Waals surface area contributed by atoms with E-state index in [0.717, 1.165) is 0 Å². The molecule has 0 spiro atoms. The molecule has 0 aliphatic heterocycles. The van der Waals surface area contributed by atoms with Gasteiger partial charge in [0, 0.05) is 0 Å². The van der Waals surface area contributed by atoms with Crippen LogP contribution in [0.2, 0.25) is 0 Å². The molecule has 0 atom stereocenters. The number of rotatable bonds is 8. The Kier molecular flexibility index (Phi) is 14.3. The van der Waals surface area contributed by atoms with Crippen LogP contribution in [-0.2, 0) is 0 Å². The van der Waals surface area contributed by atoms with E-state index in [9.17, 15) is 0 Å². The van der Waals surface area contributed by atoms with Crippen molar-refractivity contribution in [3.05, 3.63) is 388 Å². The molecule has 0 amide bonds. The predicted molar refractivity (Wildman–Crippen MR) is 431 cm³/mol. The molecule has 464 valence electrons. The first-order valence-electron chi connectivity index (χ1n) is 34.7. The van der Waals surface area contributed by atoms with E-state index in [1.807, 2.05) is 0 Å². The fraction of sp³-hybridized carbons (Fsp3) is 0. The average molecular weight is 1270 g/mol. The van der Waals surface area contributed by atoms with Crippen LogP contribution in [0.5, 0.6) is 0 Å². The minimum atomic E-state index is 1.21. The summed E-state index contributed by atoms with van der Waals surface area (Å²) < 4.78 is 0. The van der Waals surface area contributed by atoms with Crippen LogP contribution in [0.1, 0.15) is 0 Å². The van der Waals surface area contributed by atoms with E-state index in [1.165, 1.54) is 197 Å². The van der Waals surface area contributed by atoms with Crippen LogP contribution >= 0.6 is 0 Å². The van der Waals surface area contributed by atoms with Crippen LogP contribution < -0.4 is 0 Å². The van der Waals surface area contributed by atoms with Gasteiger partial charge >= 0.3 is 0 Å². The Bertz CT molecular complexity index is 6540. The summed E-state index contributed by atoms with van der Waals surface area (Å²) >= 11 is 0. The Morgan fingerprint density at radius 1 is 0.100 bits per heavy atom. The fourth-order valence-electron chi connectivity index (χ4n) is 16.5. The zero-order valence-electron chi connectivity index (χ0n) is 55.0. The van der Waals surface area contributed by atoms with E-state index >= 15 is 0 Å². The SMILES string of the molecule is c1ccc(-c2c3ccccc3c(-c3ccc4c(-c5cccc6ccccc56)c5ccccc5c(-c5cccc6ccccc56)c4c3)c3ccccc23)cc1.c1ccc(-c2ccc(-c3ccc4c(-c5cccc6ccccc56)c5ccccc5c(-c5cccc6ccccc56)c4c3)cc2)cc1. The second kappa shape index (κ2) is 24.6. The van der Waals surface area contributed by atoms with Gasteiger partial charge in [0.2, 0.25) is 0 Å². The van der Waals surface area contributed by atoms with Gasteiger partial charge < -0.3 is 0 Å². The Labute approximate surface area is 581 Å². The molecule has 0 N–H and O–H groups in total. The summed E-state index contributed by atoms with van der Waals surface area (Å²) in [6.45, 7) is 0. The maximum atomic E-state index is 2.49. The van der Waals surface area contributed by atoms with E-state index in [4.69, 9.17) is 0 Å². The topological polar surface area (TPSA) is 0 Å². The van der Waals surface area contributed by atoms with Gasteiger partial charge in [-0.05, 0) is 209 Å². The molecule has 0 aliphatic carbocycles. The highest BCUT2D eigenvalue weighted by Crippen LogP contribution is 2.52. The van der Waals surface area contributed by atoms with Gasteiger partial charge in [-0.2, -0.15) is 0 Å². The molecule has 0 heteroatoms. The number of fused-ring (bicyclic) bond motifs is 10. The first-order valence-corrected chi connectivity index (χ1v) is 34.7. The third-order valence-electron chi connectivity index (χ3n) is 20.9. The summed E-state index contributed by atoms with van der Waals surface area (Å²) in [6, 6.07) is 143. The lowest BCUT2D eigenvalue weighted by Crippen LogP contribution is -1.94. The predicted octanol–water partition coefficient (Wildman–Crippen LogP) is 28.2. The third-order valence-corrected chi connectivity index (χ3v) is 20.9. The third kappa shape index (κ3) is 9.83. The summed E-state index contributed by atoms with van der Waals surface area (Å²) in [5.74, 6) is 0. The second-order valence-electron chi connectivity index (χ2n) is 26.4. The highest BCUT2D eigenvalue weighted by atomic mass is 14.3. The molecule has 0 radical (unpaired) electrons. The summed E-state index contributed by atoms with van der Waals surface area (Å²) in [5.41, 5.74) is 20.1. The quantitative estimate of drug-likeness (QED) is 0.133. The van der Waals surface area contributed by atoms with Crippen molar-refractivity contribution < 1.29 is 0 Å². The monoisotopic (exact) mass is 1260 g/mol. The molecule has 0 saturated carbocycles. The van der Waals surface area contributed by atoms with Crippen molar-refractivity contribution in [1.82, 2.24) is 0 Å². The van der Waals surface area contributed by atoms with Gasteiger partial charge in [-0.25, -0.2) is 0 Å². The number of hydrogen-bond donors (Lipinski definition) is 0. The zero-order chi connectivity index (χ0) is 66.0. The second-order valence-corrected chi connectivity index (χ2v) is 26.4. The van der Waals surface area contributed by atoms with E-state index < -0.39 is 0 Å². The molecule has 20 rings (SSSR count). The molecule has 20 aromatic rings. The molecule has 0 heterocycles. The maximum absolute atomic E-state index is 2.49. The minimum Gasteiger partial charge on any atom is -0.0622 e. The van der Waals surface area contributed by atoms with Gasteiger partial charge in [-0.1, -0.05) is 376 Å². The highest BCUT2D eigenvalue weighted by Gasteiger charge is 2.24. The molecule has 0 unspecified atom stereocenters. The van der Waals surface area contributed by atoms with Gasteiger partial charge in [0.1, 0.15) is 0 Å². The minimum absolute atomic E-state index is 1.21. The van der Waals surface area contributed by atoms with Crippen molar-refractivity contribution >= 4 is 108 Å². The lowest BCUT2D eigenvalue weighted by atomic mass is 9.81. The zero-order valence-corrected chi connectivity index (χ0v) is 55.0. The average Bonchev–Trinajstić information content (AvgIpc) is 0.725. The van der Waals surface area contributed by atoms with Gasteiger partial charge in [-0.15, -0.1) is 0 Å². The van der Waals surface area contributed by atoms with E-state index in [-0.39, 0.29) is 0 Å². The van der Waals surface area contributed by atoms with Crippen molar-refractivity contribution in [2.24, 2.45) is 0 Å². The van der Waals surface area contributed by atoms with Gasteiger partial charge in [-0.3, -0.25) is 0 Å². The smallest absolute Gasteiger partial charge is 0.00199 e. The summed E-state index contributed by atoms with van der Waals surface area (Å²) in [5, 5.41) is 25.2. The van der Waals surface area contributed by atoms with Crippen molar-refractivity contribution in [3.8, 4) is 89.0 Å². The first-order chi connectivity index (χ1) is 49.7. The van der Waals surface area contributed by atoms with E-state index in [1.54, 1.807) is 0 Å². The largest absolute Gasteiger partial charge is 0.0622 e. The molecule has 0 bridgehead atoms.